The number of hydrogen-bond acceptors (Lipinski definition) is 5. The van der Waals surface area contributed by atoms with Gasteiger partial charge < -0.3 is 9.47 Å². The maximum Gasteiger partial charge on any atom is 0.107 e. The Kier molecular flexibility index (Phi) is 3.66. The number of aromatic nitrogens is 1. The number of ether oxygens (including phenoxy) is 2. The third-order valence-electron chi connectivity index (χ3n) is 4.12. The van der Waals surface area contributed by atoms with Crippen LogP contribution >= 0.6 is 11.3 Å². The van der Waals surface area contributed by atoms with Gasteiger partial charge in [-0.3, -0.25) is 4.90 Å². The van der Waals surface area contributed by atoms with E-state index in [0.29, 0.717) is 0 Å². The first-order valence-electron chi connectivity index (χ1n) is 6.60. The zero-order chi connectivity index (χ0) is 12.4. The highest BCUT2D eigenvalue weighted by Crippen LogP contribution is 2.37. The molecule has 2 saturated heterocycles. The molecule has 3 rings (SSSR count). The number of methoxy groups -OCH3 is 1. The first-order chi connectivity index (χ1) is 8.82. The molecule has 0 radical (unpaired) electrons. The van der Waals surface area contributed by atoms with Crippen molar-refractivity contribution >= 4 is 11.3 Å². The summed E-state index contributed by atoms with van der Waals surface area (Å²) in [5.74, 6) is 0. The molecule has 2 fully saturated rings. The second-order valence-corrected chi connectivity index (χ2v) is 6.13. The van der Waals surface area contributed by atoms with Crippen LogP contribution in [0.3, 0.4) is 0 Å². The van der Waals surface area contributed by atoms with E-state index in [1.807, 2.05) is 11.6 Å². The van der Waals surface area contributed by atoms with Crippen molar-refractivity contribution in [3.05, 3.63) is 16.6 Å². The monoisotopic (exact) mass is 268 g/mol. The summed E-state index contributed by atoms with van der Waals surface area (Å²) in [6.07, 6.45) is 5.48. The minimum Gasteiger partial charge on any atom is -0.377 e. The minimum absolute atomic E-state index is 0.00583. The number of piperidine rings is 1. The van der Waals surface area contributed by atoms with Gasteiger partial charge in [0.1, 0.15) is 5.01 Å². The minimum atomic E-state index is -0.00583. The third-order valence-corrected chi connectivity index (χ3v) is 4.89. The van der Waals surface area contributed by atoms with E-state index in [9.17, 15) is 0 Å². The van der Waals surface area contributed by atoms with Crippen molar-refractivity contribution in [2.75, 3.05) is 26.8 Å². The van der Waals surface area contributed by atoms with E-state index < -0.39 is 0 Å². The van der Waals surface area contributed by atoms with Crippen LogP contribution in [0.25, 0.3) is 0 Å². The molecule has 0 bridgehead atoms. The number of nitrogens with zero attached hydrogens (tertiary/aromatic N) is 2. The molecule has 0 N–H and O–H groups in total. The van der Waals surface area contributed by atoms with E-state index in [1.54, 1.807) is 18.4 Å². The summed E-state index contributed by atoms with van der Waals surface area (Å²) in [5.41, 5.74) is -0.00583. The zero-order valence-electron chi connectivity index (χ0n) is 10.8. The predicted molar refractivity (Wildman–Crippen MR) is 70.7 cm³/mol. The van der Waals surface area contributed by atoms with Crippen LogP contribution in [-0.4, -0.2) is 48.4 Å². The van der Waals surface area contributed by atoms with E-state index in [0.717, 1.165) is 39.1 Å². The van der Waals surface area contributed by atoms with Crippen LogP contribution in [0.1, 0.15) is 24.3 Å². The van der Waals surface area contributed by atoms with Gasteiger partial charge in [0.05, 0.1) is 18.2 Å². The number of hydrogen-bond donors (Lipinski definition) is 0. The fourth-order valence-electron chi connectivity index (χ4n) is 3.13. The highest BCUT2D eigenvalue weighted by Gasteiger charge is 2.46. The summed E-state index contributed by atoms with van der Waals surface area (Å²) in [5, 5.41) is 3.22. The smallest absolute Gasteiger partial charge is 0.107 e. The summed E-state index contributed by atoms with van der Waals surface area (Å²) in [7, 11) is 1.81. The highest BCUT2D eigenvalue weighted by atomic mass is 32.1. The van der Waals surface area contributed by atoms with E-state index in [-0.39, 0.29) is 11.7 Å². The Bertz CT molecular complexity index is 376. The largest absolute Gasteiger partial charge is 0.377 e. The van der Waals surface area contributed by atoms with Crippen molar-refractivity contribution < 1.29 is 9.47 Å². The zero-order valence-corrected chi connectivity index (χ0v) is 11.6. The molecule has 1 aromatic heterocycles. The molecule has 2 atom stereocenters. The summed E-state index contributed by atoms with van der Waals surface area (Å²) in [4.78, 5) is 6.79. The second kappa shape index (κ2) is 5.25. The van der Waals surface area contributed by atoms with Crippen LogP contribution < -0.4 is 0 Å². The quantitative estimate of drug-likeness (QED) is 0.839. The lowest BCUT2D eigenvalue weighted by Crippen LogP contribution is -2.55. The number of likely N-dealkylation sites (tertiary alicyclic amines) is 1. The van der Waals surface area contributed by atoms with Gasteiger partial charge in [0.15, 0.2) is 0 Å². The molecule has 2 aliphatic rings. The Morgan fingerprint density at radius 2 is 2.56 bits per heavy atom. The molecule has 0 amide bonds. The van der Waals surface area contributed by atoms with Gasteiger partial charge >= 0.3 is 0 Å². The standard InChI is InChI=1S/C13H20N2O2S/c1-16-11-9-15(10-12-14-5-8-18-12)6-4-13(11)3-2-7-17-13/h5,8,11H,2-4,6-7,9-10H2,1H3/t11-,13-/m0/s1. The van der Waals surface area contributed by atoms with Gasteiger partial charge in [-0.05, 0) is 19.3 Å². The van der Waals surface area contributed by atoms with E-state index in [2.05, 4.69) is 9.88 Å². The summed E-state index contributed by atoms with van der Waals surface area (Å²) in [6.45, 7) is 3.87. The molecule has 5 heteroatoms. The molecule has 100 valence electrons. The Balaban J connectivity index is 1.64. The van der Waals surface area contributed by atoms with Crippen molar-refractivity contribution in [2.24, 2.45) is 0 Å². The molecule has 1 aromatic rings. The van der Waals surface area contributed by atoms with Crippen molar-refractivity contribution in [1.29, 1.82) is 0 Å². The fraction of sp³-hybridized carbons (Fsp3) is 0.769. The van der Waals surface area contributed by atoms with Gasteiger partial charge in [0.2, 0.25) is 0 Å². The molecule has 3 heterocycles. The number of rotatable bonds is 3. The summed E-state index contributed by atoms with van der Waals surface area (Å²) in [6, 6.07) is 0. The predicted octanol–water partition coefficient (Wildman–Crippen LogP) is 1.91. The molecule has 1 spiro atoms. The topological polar surface area (TPSA) is 34.6 Å². The fourth-order valence-corrected chi connectivity index (χ4v) is 3.78. The average molecular weight is 268 g/mol. The maximum atomic E-state index is 6.00. The molecule has 0 aromatic carbocycles. The van der Waals surface area contributed by atoms with Crippen molar-refractivity contribution in [1.82, 2.24) is 9.88 Å². The van der Waals surface area contributed by atoms with Gasteiger partial charge in [-0.1, -0.05) is 0 Å². The highest BCUT2D eigenvalue weighted by molar-refractivity contribution is 7.09. The van der Waals surface area contributed by atoms with Crippen LogP contribution in [-0.2, 0) is 16.0 Å². The molecule has 0 aliphatic carbocycles. The normalized spacial score (nSPS) is 33.3. The number of thiazole rings is 1. The van der Waals surface area contributed by atoms with Gasteiger partial charge in [-0.2, -0.15) is 0 Å². The van der Waals surface area contributed by atoms with Crippen LogP contribution in [0.2, 0.25) is 0 Å². The van der Waals surface area contributed by atoms with E-state index in [1.165, 1.54) is 11.4 Å². The molecule has 0 saturated carbocycles. The maximum absolute atomic E-state index is 6.00. The molecular weight excluding hydrogens is 248 g/mol. The second-order valence-electron chi connectivity index (χ2n) is 5.15. The first-order valence-corrected chi connectivity index (χ1v) is 7.48. The van der Waals surface area contributed by atoms with Crippen LogP contribution in [0.5, 0.6) is 0 Å². The van der Waals surface area contributed by atoms with Crippen LogP contribution in [0, 0.1) is 0 Å². The summed E-state index contributed by atoms with van der Waals surface area (Å²) < 4.78 is 11.7. The van der Waals surface area contributed by atoms with Gasteiger partial charge in [0.25, 0.3) is 0 Å². The van der Waals surface area contributed by atoms with Crippen LogP contribution in [0.4, 0.5) is 0 Å². The average Bonchev–Trinajstić information content (AvgIpc) is 3.04. The molecule has 0 unspecified atom stereocenters. The molecule has 2 aliphatic heterocycles. The van der Waals surface area contributed by atoms with Crippen molar-refractivity contribution in [3.63, 3.8) is 0 Å². The Hall–Kier alpha value is -0.490. The van der Waals surface area contributed by atoms with Gasteiger partial charge in [0, 0.05) is 38.4 Å². The lowest BCUT2D eigenvalue weighted by molar-refractivity contribution is -0.143. The van der Waals surface area contributed by atoms with Crippen molar-refractivity contribution in [2.45, 2.75) is 37.5 Å². The van der Waals surface area contributed by atoms with E-state index >= 15 is 0 Å². The van der Waals surface area contributed by atoms with Crippen LogP contribution in [0.15, 0.2) is 11.6 Å². The molecule has 18 heavy (non-hydrogen) atoms. The Morgan fingerprint density at radius 3 is 3.22 bits per heavy atom. The van der Waals surface area contributed by atoms with E-state index in [4.69, 9.17) is 9.47 Å². The lowest BCUT2D eigenvalue weighted by Gasteiger charge is -2.44. The Labute approximate surface area is 112 Å². The molecule has 4 nitrogen and oxygen atoms in total. The lowest BCUT2D eigenvalue weighted by atomic mass is 9.86. The SMILES string of the molecule is CO[C@H]1CN(Cc2nccs2)CC[C@@]12CCCO2. The van der Waals surface area contributed by atoms with Gasteiger partial charge in [-0.25, -0.2) is 4.98 Å². The van der Waals surface area contributed by atoms with Gasteiger partial charge in [-0.15, -0.1) is 11.3 Å². The Morgan fingerprint density at radius 1 is 1.61 bits per heavy atom. The first kappa shape index (κ1) is 12.5. The molecular formula is C13H20N2O2S. The third kappa shape index (κ3) is 2.32. The van der Waals surface area contributed by atoms with Crippen molar-refractivity contribution in [3.8, 4) is 0 Å². The summed E-state index contributed by atoms with van der Waals surface area (Å²) >= 11 is 1.72.